The fraction of sp³-hybridized carbons (Fsp3) is 0. The molecule has 0 aromatic carbocycles. The molecule has 1 aromatic rings. The van der Waals surface area contributed by atoms with Gasteiger partial charge >= 0.3 is 0 Å². The lowest BCUT2D eigenvalue weighted by Crippen LogP contribution is -2.22. The van der Waals surface area contributed by atoms with Crippen LogP contribution in [0.4, 0.5) is 0 Å². The van der Waals surface area contributed by atoms with Gasteiger partial charge in [-0.15, -0.1) is 0 Å². The van der Waals surface area contributed by atoms with Gasteiger partial charge in [-0.1, -0.05) is 0 Å². The molecule has 0 amide bonds. The zero-order chi connectivity index (χ0) is 8.43. The van der Waals surface area contributed by atoms with Crippen LogP contribution in [0, 0.1) is 10.8 Å². The van der Waals surface area contributed by atoms with Gasteiger partial charge in [-0.2, -0.15) is 0 Å². The van der Waals surface area contributed by atoms with Gasteiger partial charge in [0.2, 0.25) is 5.29 Å². The third-order valence-corrected chi connectivity index (χ3v) is 1.98. The minimum absolute atomic E-state index is 0.174. The molecule has 0 radical (unpaired) electrons. The van der Waals surface area contributed by atoms with Gasteiger partial charge in [-0.3, -0.25) is 15.4 Å². The lowest BCUT2D eigenvalue weighted by molar-refractivity contribution is 0.966. The summed E-state index contributed by atoms with van der Waals surface area (Å²) < 4.78 is 1.87. The summed E-state index contributed by atoms with van der Waals surface area (Å²) >= 11 is 8.54. The van der Waals surface area contributed by atoms with E-state index in [1.807, 2.05) is 0 Å². The summed E-state index contributed by atoms with van der Waals surface area (Å²) in [5.41, 5.74) is 0.174. The van der Waals surface area contributed by atoms with Crippen molar-refractivity contribution in [1.29, 1.82) is 10.8 Å². The van der Waals surface area contributed by atoms with Crippen molar-refractivity contribution in [2.75, 3.05) is 0 Å². The lowest BCUT2D eigenvalue weighted by atomic mass is 10.5. The van der Waals surface area contributed by atoms with Crippen molar-refractivity contribution in [2.45, 2.75) is 0 Å². The highest BCUT2D eigenvalue weighted by atomic mass is 79.9. The Kier molecular flexibility index (Phi) is 2.46. The van der Waals surface area contributed by atoms with Crippen molar-refractivity contribution in [3.8, 4) is 0 Å². The highest BCUT2D eigenvalue weighted by Crippen LogP contribution is 2.00. The largest absolute Gasteiger partial charge is 0.283 e. The maximum absolute atomic E-state index is 7.42. The number of pyridine rings is 1. The van der Waals surface area contributed by atoms with Gasteiger partial charge in [0, 0.05) is 6.20 Å². The first kappa shape index (κ1) is 8.49. The van der Waals surface area contributed by atoms with E-state index in [-0.39, 0.29) is 10.8 Å². The third kappa shape index (κ3) is 1.70. The second kappa shape index (κ2) is 3.19. The highest BCUT2D eigenvalue weighted by Gasteiger charge is 1.97. The average molecular weight is 234 g/mol. The van der Waals surface area contributed by atoms with Crippen LogP contribution in [0.1, 0.15) is 0 Å². The Bertz CT molecular complexity index is 344. The number of nitrogens with one attached hydrogen (secondary N) is 2. The summed E-state index contributed by atoms with van der Waals surface area (Å²) in [5, 5.41) is 14.3. The molecule has 0 bridgehead atoms. The van der Waals surface area contributed by atoms with Crippen molar-refractivity contribution >= 4 is 32.8 Å². The van der Waals surface area contributed by atoms with E-state index in [1.54, 1.807) is 18.3 Å². The molecule has 0 spiro atoms. The van der Waals surface area contributed by atoms with Gasteiger partial charge in [0.25, 0.3) is 0 Å². The quantitative estimate of drug-likeness (QED) is 0.508. The SMILES string of the molecule is N=C(Cl)n1cccc(Br)c1=N. The van der Waals surface area contributed by atoms with Crippen LogP contribution in [-0.2, 0) is 0 Å². The molecule has 1 aromatic heterocycles. The number of hydrogen-bond donors (Lipinski definition) is 2. The summed E-state index contributed by atoms with van der Waals surface area (Å²) in [7, 11) is 0. The third-order valence-electron chi connectivity index (χ3n) is 1.16. The molecule has 3 nitrogen and oxygen atoms in total. The minimum atomic E-state index is -0.184. The second-order valence-corrected chi connectivity index (χ2v) is 3.08. The number of rotatable bonds is 0. The summed E-state index contributed by atoms with van der Waals surface area (Å²) in [6, 6.07) is 3.43. The molecule has 58 valence electrons. The van der Waals surface area contributed by atoms with Gasteiger partial charge in [-0.25, -0.2) is 0 Å². The van der Waals surface area contributed by atoms with Gasteiger partial charge in [0.1, 0.15) is 5.49 Å². The normalized spacial score (nSPS) is 9.64. The minimum Gasteiger partial charge on any atom is -0.283 e. The van der Waals surface area contributed by atoms with Crippen LogP contribution in [0.3, 0.4) is 0 Å². The number of hydrogen-bond acceptors (Lipinski definition) is 2. The topological polar surface area (TPSA) is 52.6 Å². The Morgan fingerprint density at radius 1 is 1.64 bits per heavy atom. The van der Waals surface area contributed by atoms with E-state index in [0.717, 1.165) is 0 Å². The van der Waals surface area contributed by atoms with E-state index >= 15 is 0 Å². The standard InChI is InChI=1S/C6H5BrClN3/c7-4-2-1-3-11(5(4)9)6(8)10/h1-3,9-10H. The molecule has 1 rings (SSSR count). The smallest absolute Gasteiger partial charge is 0.200 e. The zero-order valence-electron chi connectivity index (χ0n) is 5.44. The average Bonchev–Trinajstić information content (AvgIpc) is 1.94. The zero-order valence-corrected chi connectivity index (χ0v) is 7.78. The van der Waals surface area contributed by atoms with Crippen LogP contribution in [-0.4, -0.2) is 9.86 Å². The lowest BCUT2D eigenvalue weighted by Gasteiger charge is -2.01. The molecule has 0 aliphatic carbocycles. The Balaban J connectivity index is 3.40. The van der Waals surface area contributed by atoms with E-state index in [2.05, 4.69) is 15.9 Å². The van der Waals surface area contributed by atoms with Crippen molar-refractivity contribution in [3.63, 3.8) is 0 Å². The Morgan fingerprint density at radius 3 is 2.73 bits per heavy atom. The van der Waals surface area contributed by atoms with Crippen LogP contribution in [0.25, 0.3) is 0 Å². The van der Waals surface area contributed by atoms with E-state index in [9.17, 15) is 0 Å². The maximum Gasteiger partial charge on any atom is 0.200 e. The first-order valence-electron chi connectivity index (χ1n) is 2.79. The van der Waals surface area contributed by atoms with Crippen molar-refractivity contribution in [3.05, 3.63) is 28.3 Å². The molecule has 0 aliphatic rings. The van der Waals surface area contributed by atoms with Gasteiger partial charge < -0.3 is 0 Å². The Hall–Kier alpha value is -0.610. The van der Waals surface area contributed by atoms with Crippen LogP contribution in [0.15, 0.2) is 22.8 Å². The summed E-state index contributed by atoms with van der Waals surface area (Å²) in [4.78, 5) is 0. The van der Waals surface area contributed by atoms with E-state index < -0.39 is 0 Å². The predicted octanol–water partition coefficient (Wildman–Crippen LogP) is 1.75. The fourth-order valence-corrected chi connectivity index (χ4v) is 1.13. The van der Waals surface area contributed by atoms with E-state index in [4.69, 9.17) is 22.4 Å². The van der Waals surface area contributed by atoms with Crippen molar-refractivity contribution < 1.29 is 0 Å². The van der Waals surface area contributed by atoms with E-state index in [1.165, 1.54) is 4.57 Å². The highest BCUT2D eigenvalue weighted by molar-refractivity contribution is 9.10. The molecule has 0 atom stereocenters. The molecule has 1 heterocycles. The van der Waals surface area contributed by atoms with Crippen LogP contribution >= 0.6 is 27.5 Å². The molecular weight excluding hydrogens is 229 g/mol. The molecule has 0 saturated heterocycles. The monoisotopic (exact) mass is 233 g/mol. The Morgan fingerprint density at radius 2 is 2.27 bits per heavy atom. The molecule has 11 heavy (non-hydrogen) atoms. The Labute approximate surface area is 76.8 Å². The number of aromatic nitrogens is 1. The summed E-state index contributed by atoms with van der Waals surface area (Å²) in [6.07, 6.45) is 1.56. The molecule has 2 N–H and O–H groups in total. The van der Waals surface area contributed by atoms with Crippen LogP contribution in [0.5, 0.6) is 0 Å². The molecule has 5 heteroatoms. The van der Waals surface area contributed by atoms with Gasteiger partial charge in [-0.05, 0) is 39.7 Å². The summed E-state index contributed by atoms with van der Waals surface area (Å²) in [5.74, 6) is 0. The van der Waals surface area contributed by atoms with E-state index in [0.29, 0.717) is 4.47 Å². The number of halogens is 2. The summed E-state index contributed by atoms with van der Waals surface area (Å²) in [6.45, 7) is 0. The molecule has 0 aliphatic heterocycles. The van der Waals surface area contributed by atoms with Gasteiger partial charge in [0.05, 0.1) is 4.47 Å². The molecule has 0 fully saturated rings. The molecule has 0 saturated carbocycles. The van der Waals surface area contributed by atoms with Crippen LogP contribution in [0.2, 0.25) is 0 Å². The van der Waals surface area contributed by atoms with Crippen molar-refractivity contribution in [1.82, 2.24) is 4.57 Å². The fourth-order valence-electron chi connectivity index (χ4n) is 0.646. The second-order valence-electron chi connectivity index (χ2n) is 1.87. The molecule has 0 unspecified atom stereocenters. The number of nitrogens with zero attached hydrogens (tertiary/aromatic N) is 1. The van der Waals surface area contributed by atoms with Crippen molar-refractivity contribution in [2.24, 2.45) is 0 Å². The predicted molar refractivity (Wildman–Crippen MR) is 47.0 cm³/mol. The maximum atomic E-state index is 7.42. The molecular formula is C6H5BrClN3. The van der Waals surface area contributed by atoms with Crippen LogP contribution < -0.4 is 5.49 Å². The van der Waals surface area contributed by atoms with Gasteiger partial charge in [0.15, 0.2) is 0 Å². The first-order valence-corrected chi connectivity index (χ1v) is 3.96. The first-order chi connectivity index (χ1) is 5.13.